The predicted octanol–water partition coefficient (Wildman–Crippen LogP) is 1.75. The van der Waals surface area contributed by atoms with Crippen LogP contribution < -0.4 is 0 Å². The van der Waals surface area contributed by atoms with Crippen LogP contribution in [0.2, 0.25) is 0 Å². The Balaban J connectivity index is 2.79. The molecule has 8 heteroatoms. The Morgan fingerprint density at radius 2 is 1.95 bits per heavy atom. The van der Waals surface area contributed by atoms with E-state index in [2.05, 4.69) is 0 Å². The van der Waals surface area contributed by atoms with Crippen LogP contribution in [-0.4, -0.2) is 43.0 Å². The first-order chi connectivity index (χ1) is 9.75. The minimum absolute atomic E-state index is 0.00409. The van der Waals surface area contributed by atoms with Crippen LogP contribution >= 0.6 is 0 Å². The van der Waals surface area contributed by atoms with E-state index in [-0.39, 0.29) is 22.7 Å². The van der Waals surface area contributed by atoms with Gasteiger partial charge >= 0.3 is 12.1 Å². The number of nitrogens with zero attached hydrogens (tertiary/aromatic N) is 1. The van der Waals surface area contributed by atoms with E-state index in [0.29, 0.717) is 5.39 Å². The lowest BCUT2D eigenvalue weighted by Crippen LogP contribution is -2.18. The van der Waals surface area contributed by atoms with Crippen LogP contribution in [0.1, 0.15) is 17.4 Å². The molecule has 112 valence electrons. The maximum absolute atomic E-state index is 11.9. The standard InChI is InChI=1S/C13H13NO6S/c1-3-20-13(17)14-10-7-9(21(2,18)19)5-4-8(10)6-11(14)12(15)16/h4-7H,3H2,1-2H3,(H,15,16). The molecule has 0 atom stereocenters. The maximum atomic E-state index is 11.9. The van der Waals surface area contributed by atoms with E-state index in [1.807, 2.05) is 0 Å². The average molecular weight is 311 g/mol. The first-order valence-electron chi connectivity index (χ1n) is 6.01. The van der Waals surface area contributed by atoms with Crippen molar-refractivity contribution >= 4 is 32.8 Å². The van der Waals surface area contributed by atoms with Gasteiger partial charge in [0.25, 0.3) is 0 Å². The minimum atomic E-state index is -3.47. The number of fused-ring (bicyclic) bond motifs is 1. The molecule has 0 spiro atoms. The summed E-state index contributed by atoms with van der Waals surface area (Å²) < 4.78 is 28.8. The van der Waals surface area contributed by atoms with Gasteiger partial charge in [-0.2, -0.15) is 0 Å². The second-order valence-electron chi connectivity index (χ2n) is 4.36. The van der Waals surface area contributed by atoms with E-state index in [9.17, 15) is 18.0 Å². The second kappa shape index (κ2) is 5.21. The fraction of sp³-hybridized carbons (Fsp3) is 0.231. The zero-order chi connectivity index (χ0) is 15.8. The number of aromatic nitrogens is 1. The summed E-state index contributed by atoms with van der Waals surface area (Å²) in [4.78, 5) is 23.2. The Bertz CT molecular complexity index is 834. The fourth-order valence-electron chi connectivity index (χ4n) is 1.95. The van der Waals surface area contributed by atoms with Gasteiger partial charge in [0.2, 0.25) is 0 Å². The van der Waals surface area contributed by atoms with Crippen LogP contribution in [0.4, 0.5) is 4.79 Å². The SMILES string of the molecule is CCOC(=O)n1c(C(=O)O)cc2ccc(S(C)(=O)=O)cc21. The molecule has 2 rings (SSSR count). The largest absolute Gasteiger partial charge is 0.477 e. The summed E-state index contributed by atoms with van der Waals surface area (Å²) in [6.45, 7) is 1.66. The van der Waals surface area contributed by atoms with Gasteiger partial charge < -0.3 is 9.84 Å². The van der Waals surface area contributed by atoms with Gasteiger partial charge in [-0.1, -0.05) is 6.07 Å². The normalized spacial score (nSPS) is 11.5. The zero-order valence-corrected chi connectivity index (χ0v) is 12.2. The van der Waals surface area contributed by atoms with Crippen molar-refractivity contribution in [3.8, 4) is 0 Å². The zero-order valence-electron chi connectivity index (χ0n) is 11.4. The summed E-state index contributed by atoms with van der Waals surface area (Å²) in [6.07, 6.45) is 0.166. The topological polar surface area (TPSA) is 103 Å². The molecule has 0 amide bonds. The number of rotatable bonds is 3. The van der Waals surface area contributed by atoms with Crippen LogP contribution in [0, 0.1) is 0 Å². The Morgan fingerprint density at radius 1 is 1.29 bits per heavy atom. The number of carbonyl (C=O) groups excluding carboxylic acids is 1. The van der Waals surface area contributed by atoms with Gasteiger partial charge in [0.1, 0.15) is 5.69 Å². The molecule has 1 aromatic heterocycles. The van der Waals surface area contributed by atoms with E-state index >= 15 is 0 Å². The predicted molar refractivity (Wildman–Crippen MR) is 74.4 cm³/mol. The molecule has 0 radical (unpaired) electrons. The number of sulfone groups is 1. The quantitative estimate of drug-likeness (QED) is 0.926. The molecule has 1 heterocycles. The van der Waals surface area contributed by atoms with Crippen LogP contribution in [0.5, 0.6) is 0 Å². The number of ether oxygens (including phenoxy) is 1. The molecule has 1 aromatic carbocycles. The monoisotopic (exact) mass is 311 g/mol. The fourth-order valence-corrected chi connectivity index (χ4v) is 2.59. The van der Waals surface area contributed by atoms with E-state index in [4.69, 9.17) is 9.84 Å². The van der Waals surface area contributed by atoms with Gasteiger partial charge in [0.05, 0.1) is 17.0 Å². The first-order valence-corrected chi connectivity index (χ1v) is 7.91. The molecular weight excluding hydrogens is 298 g/mol. The molecule has 0 saturated heterocycles. The third-order valence-electron chi connectivity index (χ3n) is 2.87. The lowest BCUT2D eigenvalue weighted by molar-refractivity contribution is 0.0682. The molecule has 0 aliphatic carbocycles. The molecule has 1 N–H and O–H groups in total. The lowest BCUT2D eigenvalue weighted by Gasteiger charge is -2.07. The second-order valence-corrected chi connectivity index (χ2v) is 6.38. The maximum Gasteiger partial charge on any atom is 0.419 e. The summed E-state index contributed by atoms with van der Waals surface area (Å²) >= 11 is 0. The highest BCUT2D eigenvalue weighted by atomic mass is 32.2. The summed E-state index contributed by atoms with van der Waals surface area (Å²) in [6, 6.07) is 5.36. The molecule has 7 nitrogen and oxygen atoms in total. The molecule has 2 aromatic rings. The number of aromatic carboxylic acids is 1. The van der Waals surface area contributed by atoms with E-state index in [1.165, 1.54) is 24.3 Å². The smallest absolute Gasteiger partial charge is 0.419 e. The lowest BCUT2D eigenvalue weighted by atomic mass is 10.2. The average Bonchev–Trinajstić information content (AvgIpc) is 2.76. The molecule has 0 bridgehead atoms. The minimum Gasteiger partial charge on any atom is -0.477 e. The number of carbonyl (C=O) groups is 2. The van der Waals surface area contributed by atoms with Crippen molar-refractivity contribution in [3.63, 3.8) is 0 Å². The Kier molecular flexibility index (Phi) is 3.73. The molecular formula is C13H13NO6S. The van der Waals surface area contributed by atoms with Gasteiger partial charge in [0.15, 0.2) is 9.84 Å². The van der Waals surface area contributed by atoms with Crippen molar-refractivity contribution < 1.29 is 27.9 Å². The summed E-state index contributed by atoms with van der Waals surface area (Å²) in [5, 5.41) is 9.60. The summed E-state index contributed by atoms with van der Waals surface area (Å²) in [5.74, 6) is -1.31. The first kappa shape index (κ1) is 15.0. The van der Waals surface area contributed by atoms with E-state index in [0.717, 1.165) is 10.8 Å². The van der Waals surface area contributed by atoms with Crippen molar-refractivity contribution in [2.24, 2.45) is 0 Å². The van der Waals surface area contributed by atoms with Gasteiger partial charge in [-0.25, -0.2) is 22.6 Å². The Morgan fingerprint density at radius 3 is 2.48 bits per heavy atom. The number of hydrogen-bond acceptors (Lipinski definition) is 5. The number of benzene rings is 1. The highest BCUT2D eigenvalue weighted by Gasteiger charge is 2.22. The number of hydrogen-bond donors (Lipinski definition) is 1. The Hall–Kier alpha value is -2.35. The molecule has 0 aliphatic rings. The molecule has 0 fully saturated rings. The van der Waals surface area contributed by atoms with Gasteiger partial charge in [0, 0.05) is 11.6 Å². The van der Waals surface area contributed by atoms with Crippen molar-refractivity contribution in [3.05, 3.63) is 30.0 Å². The third kappa shape index (κ3) is 2.75. The summed E-state index contributed by atoms with van der Waals surface area (Å²) in [5.41, 5.74) is -0.108. The number of carboxylic acids is 1. The molecule has 0 aliphatic heterocycles. The Labute approximate surface area is 120 Å². The van der Waals surface area contributed by atoms with Crippen molar-refractivity contribution in [1.29, 1.82) is 0 Å². The molecule has 0 unspecified atom stereocenters. The third-order valence-corrected chi connectivity index (χ3v) is 3.98. The van der Waals surface area contributed by atoms with Gasteiger partial charge in [-0.3, -0.25) is 0 Å². The van der Waals surface area contributed by atoms with Crippen molar-refractivity contribution in [1.82, 2.24) is 4.57 Å². The van der Waals surface area contributed by atoms with Crippen LogP contribution in [0.3, 0.4) is 0 Å². The van der Waals surface area contributed by atoms with Crippen LogP contribution in [0.15, 0.2) is 29.2 Å². The molecule has 0 saturated carbocycles. The highest BCUT2D eigenvalue weighted by Crippen LogP contribution is 2.24. The van der Waals surface area contributed by atoms with Crippen molar-refractivity contribution in [2.75, 3.05) is 12.9 Å². The van der Waals surface area contributed by atoms with Gasteiger partial charge in [-0.05, 0) is 25.1 Å². The molecule has 21 heavy (non-hydrogen) atoms. The van der Waals surface area contributed by atoms with Crippen LogP contribution in [-0.2, 0) is 14.6 Å². The summed E-state index contributed by atoms with van der Waals surface area (Å²) in [7, 11) is -3.47. The number of carboxylic acid groups (broad SMARTS) is 1. The highest BCUT2D eigenvalue weighted by molar-refractivity contribution is 7.90. The van der Waals surface area contributed by atoms with Crippen molar-refractivity contribution in [2.45, 2.75) is 11.8 Å². The van der Waals surface area contributed by atoms with Crippen LogP contribution in [0.25, 0.3) is 10.9 Å². The van der Waals surface area contributed by atoms with Gasteiger partial charge in [-0.15, -0.1) is 0 Å². The van der Waals surface area contributed by atoms with E-state index < -0.39 is 21.9 Å². The van der Waals surface area contributed by atoms with E-state index in [1.54, 1.807) is 6.92 Å².